The highest BCUT2D eigenvalue weighted by Gasteiger charge is 2.53. The Balaban J connectivity index is 0.637. The first-order valence-corrected chi connectivity index (χ1v) is 34.1. The molecule has 0 aromatic rings. The third-order valence-electron chi connectivity index (χ3n) is 22.1. The SMILES string of the molecule is C[C@H](NC(=O)[C@@H]1CCCN1C(=O)[C@@H]1CCCN1C(=O)[C@@H]1CCCN1C(=O)[C@@H]1CCCN1C(=O)[C@@H]1CCCN1C(=O)[C@@H]1CCCN1)C(=O)N1CCC[C@H]1C(=O)N1CCC[C@H]1C(=O)N1CCC[C@H]1C(=O)N1CCC[C@H]1C(=O)N1CCC[C@H]1C(=O)N1CCC[C@H]1C(=O)O. The Labute approximate surface area is 525 Å². The molecule has 0 saturated carbocycles. The Morgan fingerprint density at radius 2 is 0.522 bits per heavy atom. The number of carboxylic acid groups (broad SMARTS) is 1. The molecule has 0 spiro atoms. The standard InChI is InChI=1S/C63H91N13O14/c1-38(65-51(77)40-15-3-27-66(40)54(80)43-18-6-30-69(43)57(83)46-21-9-33-72(46)59(85)45-20-8-32-71(45)56(82)42-17-5-29-68(42)53(79)39-14-2-26-64-39)52(78)67-28-4-16-41(67)55(81)70-31-7-19-44(70)58(84)73-34-10-22-47(73)60(86)74-35-11-23-48(74)61(87)75-36-12-24-49(75)62(88)76-37-13-25-50(76)63(89)90/h38-50,64H,2-37H2,1H3,(H,65,77)(H,89,90)/t38-,39-,40-,41-,42-,43-,44-,45-,46-,47-,48-,49-,50-/m0/s1. The quantitative estimate of drug-likeness (QED) is 0.192. The molecular weight excluding hydrogens is 1160 g/mol. The molecule has 13 atom stereocenters. The number of nitrogens with zero attached hydrogens (tertiary/aromatic N) is 11. The molecule has 0 bridgehead atoms. The third kappa shape index (κ3) is 11.8. The van der Waals surface area contributed by atoms with E-state index in [4.69, 9.17) is 0 Å². The molecule has 492 valence electrons. The summed E-state index contributed by atoms with van der Waals surface area (Å²) in [6.07, 6.45) is 12.2. The van der Waals surface area contributed by atoms with Crippen LogP contribution in [0.5, 0.6) is 0 Å². The minimum atomic E-state index is -1.08. The van der Waals surface area contributed by atoms with Crippen molar-refractivity contribution in [1.82, 2.24) is 64.5 Å². The van der Waals surface area contributed by atoms with E-state index in [0.29, 0.717) is 187 Å². The van der Waals surface area contributed by atoms with Crippen LogP contribution in [-0.4, -0.2) is 293 Å². The highest BCUT2D eigenvalue weighted by atomic mass is 16.4. The predicted molar refractivity (Wildman–Crippen MR) is 318 cm³/mol. The van der Waals surface area contributed by atoms with Gasteiger partial charge in [-0.25, -0.2) is 4.79 Å². The molecule has 3 N–H and O–H groups in total. The lowest BCUT2D eigenvalue weighted by atomic mass is 10.1. The van der Waals surface area contributed by atoms with Gasteiger partial charge in [-0.2, -0.15) is 0 Å². The van der Waals surface area contributed by atoms with Gasteiger partial charge in [-0.15, -0.1) is 0 Å². The lowest BCUT2D eigenvalue weighted by molar-refractivity contribution is -0.155. The van der Waals surface area contributed by atoms with Crippen LogP contribution in [0.4, 0.5) is 0 Å². The summed E-state index contributed by atoms with van der Waals surface area (Å²) in [5.74, 6) is -5.20. The van der Waals surface area contributed by atoms with Crippen LogP contribution in [0.1, 0.15) is 161 Å². The van der Waals surface area contributed by atoms with Gasteiger partial charge in [-0.3, -0.25) is 57.5 Å². The van der Waals surface area contributed by atoms with Gasteiger partial charge in [0, 0.05) is 72.0 Å². The second-order valence-electron chi connectivity index (χ2n) is 27.3. The van der Waals surface area contributed by atoms with E-state index in [0.717, 1.165) is 19.4 Å². The maximum Gasteiger partial charge on any atom is 0.326 e. The van der Waals surface area contributed by atoms with Crippen LogP contribution in [0, 0.1) is 0 Å². The average molecular weight is 1250 g/mol. The Kier molecular flexibility index (Phi) is 18.8. The Morgan fingerprint density at radius 1 is 0.300 bits per heavy atom. The lowest BCUT2D eigenvalue weighted by Gasteiger charge is -2.37. The van der Waals surface area contributed by atoms with Crippen LogP contribution in [0.25, 0.3) is 0 Å². The number of hydrogen-bond donors (Lipinski definition) is 3. The van der Waals surface area contributed by atoms with Gasteiger partial charge in [0.2, 0.25) is 70.9 Å². The molecule has 12 heterocycles. The van der Waals surface area contributed by atoms with E-state index in [2.05, 4.69) is 10.6 Å². The van der Waals surface area contributed by atoms with Crippen molar-refractivity contribution in [3.8, 4) is 0 Å². The van der Waals surface area contributed by atoms with Crippen LogP contribution in [0.2, 0.25) is 0 Å². The summed E-state index contributed by atoms with van der Waals surface area (Å²) in [6, 6.07) is -10.6. The molecule has 0 radical (unpaired) electrons. The highest BCUT2D eigenvalue weighted by molar-refractivity contribution is 6.01. The zero-order valence-electron chi connectivity index (χ0n) is 52.1. The molecule has 0 aliphatic carbocycles. The zero-order chi connectivity index (χ0) is 63.2. The first kappa shape index (κ1) is 63.2. The van der Waals surface area contributed by atoms with Crippen LogP contribution in [0.3, 0.4) is 0 Å². The zero-order valence-corrected chi connectivity index (χ0v) is 52.1. The molecule has 0 aromatic heterocycles. The summed E-state index contributed by atoms with van der Waals surface area (Å²) >= 11 is 0. The normalized spacial score (nSPS) is 32.3. The van der Waals surface area contributed by atoms with Crippen LogP contribution < -0.4 is 10.6 Å². The number of carboxylic acids is 1. The maximum atomic E-state index is 14.7. The van der Waals surface area contributed by atoms with Gasteiger partial charge < -0.3 is 69.6 Å². The van der Waals surface area contributed by atoms with E-state index in [-0.39, 0.29) is 91.3 Å². The van der Waals surface area contributed by atoms with E-state index in [1.54, 1.807) is 36.3 Å². The first-order chi connectivity index (χ1) is 43.4. The fourth-order valence-electron chi connectivity index (χ4n) is 17.6. The molecule has 12 aliphatic rings. The van der Waals surface area contributed by atoms with Crippen molar-refractivity contribution in [2.75, 3.05) is 78.5 Å². The molecule has 12 rings (SSSR count). The summed E-state index contributed by atoms with van der Waals surface area (Å²) in [6.45, 7) is 5.81. The van der Waals surface area contributed by atoms with E-state index in [9.17, 15) is 67.4 Å². The number of nitrogens with one attached hydrogen (secondary N) is 2. The Hall–Kier alpha value is -6.93. The monoisotopic (exact) mass is 1250 g/mol. The summed E-state index contributed by atoms with van der Waals surface area (Å²) in [5.41, 5.74) is 0. The van der Waals surface area contributed by atoms with Crippen molar-refractivity contribution in [2.45, 2.75) is 240 Å². The maximum absolute atomic E-state index is 14.7. The van der Waals surface area contributed by atoms with Gasteiger partial charge in [0.15, 0.2) is 0 Å². The van der Waals surface area contributed by atoms with Gasteiger partial charge in [0.05, 0.1) is 6.04 Å². The summed E-state index contributed by atoms with van der Waals surface area (Å²) < 4.78 is 0. The van der Waals surface area contributed by atoms with E-state index >= 15 is 0 Å². The number of aliphatic carboxylic acids is 1. The molecule has 12 saturated heterocycles. The van der Waals surface area contributed by atoms with Crippen molar-refractivity contribution < 1.29 is 67.4 Å². The molecule has 90 heavy (non-hydrogen) atoms. The second kappa shape index (κ2) is 26.7. The molecule has 12 amide bonds. The molecule has 12 fully saturated rings. The molecule has 27 nitrogen and oxygen atoms in total. The molecule has 12 aliphatic heterocycles. The smallest absolute Gasteiger partial charge is 0.326 e. The molecular formula is C63H91N13O14. The highest BCUT2D eigenvalue weighted by Crippen LogP contribution is 2.36. The van der Waals surface area contributed by atoms with E-state index in [1.165, 1.54) is 24.5 Å². The second-order valence-corrected chi connectivity index (χ2v) is 27.3. The van der Waals surface area contributed by atoms with Crippen molar-refractivity contribution in [1.29, 1.82) is 0 Å². The van der Waals surface area contributed by atoms with Crippen molar-refractivity contribution in [3.05, 3.63) is 0 Å². The summed E-state index contributed by atoms with van der Waals surface area (Å²) in [4.78, 5) is 201. The average Bonchev–Trinajstić information content (AvgIpc) is 2.68. The fourth-order valence-corrected chi connectivity index (χ4v) is 17.6. The fraction of sp³-hybridized carbons (Fsp3) is 0.794. The van der Waals surface area contributed by atoms with Crippen molar-refractivity contribution in [3.63, 3.8) is 0 Å². The Bertz CT molecular complexity index is 2890. The third-order valence-corrected chi connectivity index (χ3v) is 22.1. The number of carbonyl (C=O) groups excluding carboxylic acids is 12. The van der Waals surface area contributed by atoms with Crippen LogP contribution in [0.15, 0.2) is 0 Å². The van der Waals surface area contributed by atoms with E-state index in [1.807, 2.05) is 0 Å². The van der Waals surface area contributed by atoms with Gasteiger partial charge >= 0.3 is 5.97 Å². The van der Waals surface area contributed by atoms with Gasteiger partial charge in [0.25, 0.3) is 0 Å². The topological polar surface area (TPSA) is 302 Å². The number of amides is 12. The molecule has 27 heteroatoms. The van der Waals surface area contributed by atoms with Crippen molar-refractivity contribution >= 4 is 76.9 Å². The summed E-state index contributed by atoms with van der Waals surface area (Å²) in [5, 5.41) is 15.9. The Morgan fingerprint density at radius 3 is 0.789 bits per heavy atom. The minimum Gasteiger partial charge on any atom is -0.480 e. The van der Waals surface area contributed by atoms with Crippen molar-refractivity contribution in [2.24, 2.45) is 0 Å². The van der Waals surface area contributed by atoms with Gasteiger partial charge in [0.1, 0.15) is 72.5 Å². The van der Waals surface area contributed by atoms with Crippen LogP contribution in [-0.2, 0) is 62.3 Å². The predicted octanol–water partition coefficient (Wildman–Crippen LogP) is -0.771. The largest absolute Gasteiger partial charge is 0.480 e. The number of rotatable bonds is 14. The van der Waals surface area contributed by atoms with Gasteiger partial charge in [-0.1, -0.05) is 0 Å². The molecule has 0 unspecified atom stereocenters. The first-order valence-electron chi connectivity index (χ1n) is 34.1. The number of carbonyl (C=O) groups is 13. The summed E-state index contributed by atoms with van der Waals surface area (Å²) in [7, 11) is 0. The van der Waals surface area contributed by atoms with E-state index < -0.39 is 90.3 Å². The minimum absolute atomic E-state index is 0.0668. The molecule has 0 aromatic carbocycles. The number of hydrogen-bond acceptors (Lipinski definition) is 14. The number of likely N-dealkylation sites (tertiary alicyclic amines) is 11. The van der Waals surface area contributed by atoms with Gasteiger partial charge in [-0.05, 0) is 168 Å². The van der Waals surface area contributed by atoms with Crippen LogP contribution >= 0.6 is 0 Å². The lowest BCUT2D eigenvalue weighted by Crippen LogP contribution is -2.59.